The van der Waals surface area contributed by atoms with Crippen molar-refractivity contribution in [1.29, 1.82) is 0 Å². The van der Waals surface area contributed by atoms with Crippen LogP contribution in [0.15, 0.2) is 59.7 Å². The fourth-order valence-electron chi connectivity index (χ4n) is 3.34. The minimum atomic E-state index is -0.490. The Morgan fingerprint density at radius 2 is 1.88 bits per heavy atom. The van der Waals surface area contributed by atoms with Crippen LogP contribution in [0.1, 0.15) is 32.9 Å². The highest BCUT2D eigenvalue weighted by molar-refractivity contribution is 5.90. The fourth-order valence-corrected chi connectivity index (χ4v) is 3.34. The fraction of sp³-hybridized carbons (Fsp3) is 0.174. The molecule has 0 saturated heterocycles. The van der Waals surface area contributed by atoms with Gasteiger partial charge in [0.1, 0.15) is 0 Å². The molecule has 9 nitrogen and oxygen atoms in total. The number of esters is 1. The van der Waals surface area contributed by atoms with Crippen molar-refractivity contribution in [3.05, 3.63) is 92.8 Å². The van der Waals surface area contributed by atoms with Gasteiger partial charge in [0.2, 0.25) is 5.91 Å². The van der Waals surface area contributed by atoms with Gasteiger partial charge in [-0.15, -0.1) is 0 Å². The van der Waals surface area contributed by atoms with E-state index in [0.29, 0.717) is 11.1 Å². The second-order valence-electron chi connectivity index (χ2n) is 7.10. The third kappa shape index (κ3) is 5.07. The van der Waals surface area contributed by atoms with E-state index in [1.54, 1.807) is 24.4 Å². The molecule has 0 aliphatic carbocycles. The number of aryl methyl sites for hydroxylation is 1. The van der Waals surface area contributed by atoms with Gasteiger partial charge in [0.15, 0.2) is 0 Å². The van der Waals surface area contributed by atoms with E-state index >= 15 is 0 Å². The highest BCUT2D eigenvalue weighted by Gasteiger charge is 2.12. The molecule has 0 aliphatic heterocycles. The summed E-state index contributed by atoms with van der Waals surface area (Å²) < 4.78 is 6.77. The van der Waals surface area contributed by atoms with Crippen molar-refractivity contribution in [3.63, 3.8) is 0 Å². The number of benzene rings is 2. The number of hydrazone groups is 1. The molecule has 2 aromatic carbocycles. The predicted molar refractivity (Wildman–Crippen MR) is 119 cm³/mol. The molecule has 9 heteroatoms. The minimum Gasteiger partial charge on any atom is -0.465 e. The van der Waals surface area contributed by atoms with Gasteiger partial charge < -0.3 is 9.30 Å². The van der Waals surface area contributed by atoms with Crippen LogP contribution in [0, 0.1) is 24.0 Å². The Kier molecular flexibility index (Phi) is 6.79. The number of ether oxygens (including phenoxy) is 1. The van der Waals surface area contributed by atoms with Gasteiger partial charge in [-0.3, -0.25) is 14.9 Å². The SMILES string of the molecule is COC(=O)c1cccc(-n2c(C)cc(/C=N\NC(=O)Cc3ccc([N+](=O)[O-])cc3)c2C)c1. The van der Waals surface area contributed by atoms with E-state index in [4.69, 9.17) is 4.74 Å². The van der Waals surface area contributed by atoms with Crippen LogP contribution in [0.2, 0.25) is 0 Å². The van der Waals surface area contributed by atoms with Crippen molar-refractivity contribution in [1.82, 2.24) is 9.99 Å². The molecule has 164 valence electrons. The molecule has 0 bridgehead atoms. The van der Waals surface area contributed by atoms with E-state index in [1.165, 1.54) is 31.4 Å². The van der Waals surface area contributed by atoms with Crippen LogP contribution in [0.25, 0.3) is 5.69 Å². The molecule has 1 amide bonds. The topological polar surface area (TPSA) is 116 Å². The summed E-state index contributed by atoms with van der Waals surface area (Å²) in [4.78, 5) is 34.2. The lowest BCUT2D eigenvalue weighted by atomic mass is 10.1. The number of non-ortho nitro benzene ring substituents is 1. The summed E-state index contributed by atoms with van der Waals surface area (Å²) in [5.74, 6) is -0.749. The number of carbonyl (C=O) groups is 2. The molecule has 1 aromatic heterocycles. The maximum Gasteiger partial charge on any atom is 0.337 e. The average Bonchev–Trinajstić information content (AvgIpc) is 3.06. The number of rotatable bonds is 7. The zero-order valence-electron chi connectivity index (χ0n) is 17.9. The summed E-state index contributed by atoms with van der Waals surface area (Å²) in [7, 11) is 1.34. The molecule has 0 radical (unpaired) electrons. The molecular formula is C23H22N4O5. The first kappa shape index (κ1) is 22.4. The Balaban J connectivity index is 1.70. The van der Waals surface area contributed by atoms with E-state index in [-0.39, 0.29) is 18.0 Å². The number of hydrogen-bond acceptors (Lipinski definition) is 6. The third-order valence-corrected chi connectivity index (χ3v) is 4.90. The van der Waals surface area contributed by atoms with E-state index in [9.17, 15) is 19.7 Å². The molecule has 0 spiro atoms. The number of nitrogens with zero attached hydrogens (tertiary/aromatic N) is 3. The maximum absolute atomic E-state index is 12.1. The van der Waals surface area contributed by atoms with Gasteiger partial charge in [-0.25, -0.2) is 10.2 Å². The van der Waals surface area contributed by atoms with Crippen LogP contribution in [0.3, 0.4) is 0 Å². The van der Waals surface area contributed by atoms with Crippen molar-refractivity contribution in [2.75, 3.05) is 7.11 Å². The van der Waals surface area contributed by atoms with Gasteiger partial charge in [0, 0.05) is 34.8 Å². The van der Waals surface area contributed by atoms with Crippen LogP contribution in [-0.4, -0.2) is 34.7 Å². The Labute approximate surface area is 184 Å². The lowest BCUT2D eigenvalue weighted by Gasteiger charge is -2.10. The van der Waals surface area contributed by atoms with Crippen molar-refractivity contribution in [2.45, 2.75) is 20.3 Å². The summed E-state index contributed by atoms with van der Waals surface area (Å²) in [6.45, 7) is 3.85. The average molecular weight is 434 g/mol. The number of nitro groups is 1. The second kappa shape index (κ2) is 9.69. The normalized spacial score (nSPS) is 10.8. The Morgan fingerprint density at radius 1 is 1.16 bits per heavy atom. The van der Waals surface area contributed by atoms with Crippen molar-refractivity contribution in [3.8, 4) is 5.69 Å². The predicted octanol–water partition coefficient (Wildman–Crippen LogP) is 3.48. The van der Waals surface area contributed by atoms with Crippen molar-refractivity contribution in [2.24, 2.45) is 5.10 Å². The summed E-state index contributed by atoms with van der Waals surface area (Å²) in [6.07, 6.45) is 1.60. The van der Waals surface area contributed by atoms with Gasteiger partial charge >= 0.3 is 5.97 Å². The van der Waals surface area contributed by atoms with E-state index in [0.717, 1.165) is 22.6 Å². The number of nitrogens with one attached hydrogen (secondary N) is 1. The molecule has 32 heavy (non-hydrogen) atoms. The summed E-state index contributed by atoms with van der Waals surface area (Å²) in [5.41, 5.74) is 6.98. The lowest BCUT2D eigenvalue weighted by molar-refractivity contribution is -0.384. The molecule has 3 rings (SSSR count). The lowest BCUT2D eigenvalue weighted by Crippen LogP contribution is -2.19. The number of hydrogen-bond donors (Lipinski definition) is 1. The molecule has 1 N–H and O–H groups in total. The number of nitro benzene ring substituents is 1. The van der Waals surface area contributed by atoms with Gasteiger partial charge in [0.25, 0.3) is 5.69 Å². The first-order chi connectivity index (χ1) is 15.3. The molecule has 0 fully saturated rings. The standard InChI is InChI=1S/C23H22N4O5/c1-15-11-19(16(2)26(15)21-6-4-5-18(13-21)23(29)32-3)14-24-25-22(28)12-17-7-9-20(10-8-17)27(30)31/h4-11,13-14H,12H2,1-3H3,(H,25,28)/b24-14-. The van der Waals surface area contributed by atoms with Crippen LogP contribution in [0.4, 0.5) is 5.69 Å². The molecular weight excluding hydrogens is 412 g/mol. The highest BCUT2D eigenvalue weighted by atomic mass is 16.6. The number of aromatic nitrogens is 1. The second-order valence-corrected chi connectivity index (χ2v) is 7.10. The summed E-state index contributed by atoms with van der Waals surface area (Å²) in [5, 5.41) is 14.7. The van der Waals surface area contributed by atoms with E-state index < -0.39 is 10.9 Å². The molecule has 0 unspecified atom stereocenters. The maximum atomic E-state index is 12.1. The Bertz CT molecular complexity index is 1200. The highest BCUT2D eigenvalue weighted by Crippen LogP contribution is 2.21. The minimum absolute atomic E-state index is 0.0281. The molecule has 3 aromatic rings. The van der Waals surface area contributed by atoms with Gasteiger partial charge in [-0.05, 0) is 43.7 Å². The van der Waals surface area contributed by atoms with Crippen molar-refractivity contribution < 1.29 is 19.2 Å². The molecule has 0 atom stereocenters. The molecule has 0 saturated carbocycles. The third-order valence-electron chi connectivity index (χ3n) is 4.90. The van der Waals surface area contributed by atoms with Gasteiger partial charge in [0.05, 0.1) is 30.2 Å². The molecule has 1 heterocycles. The zero-order chi connectivity index (χ0) is 23.3. The molecule has 0 aliphatic rings. The first-order valence-corrected chi connectivity index (χ1v) is 9.73. The Hall–Kier alpha value is -4.27. The van der Waals surface area contributed by atoms with Crippen LogP contribution >= 0.6 is 0 Å². The number of methoxy groups -OCH3 is 1. The van der Waals surface area contributed by atoms with Crippen LogP contribution in [-0.2, 0) is 16.0 Å². The van der Waals surface area contributed by atoms with Crippen molar-refractivity contribution >= 4 is 23.8 Å². The summed E-state index contributed by atoms with van der Waals surface area (Å²) >= 11 is 0. The van der Waals surface area contributed by atoms with E-state index in [1.807, 2.05) is 30.5 Å². The Morgan fingerprint density at radius 3 is 2.53 bits per heavy atom. The largest absolute Gasteiger partial charge is 0.465 e. The number of amides is 1. The number of carbonyl (C=O) groups excluding carboxylic acids is 2. The summed E-state index contributed by atoms with van der Waals surface area (Å²) in [6, 6.07) is 14.8. The van der Waals surface area contributed by atoms with Crippen LogP contribution < -0.4 is 5.43 Å². The quantitative estimate of drug-likeness (QED) is 0.264. The first-order valence-electron chi connectivity index (χ1n) is 9.73. The van der Waals surface area contributed by atoms with E-state index in [2.05, 4.69) is 10.5 Å². The smallest absolute Gasteiger partial charge is 0.337 e. The van der Waals surface area contributed by atoms with Crippen LogP contribution in [0.5, 0.6) is 0 Å². The van der Waals surface area contributed by atoms with Gasteiger partial charge in [-0.2, -0.15) is 5.10 Å². The van der Waals surface area contributed by atoms with Gasteiger partial charge in [-0.1, -0.05) is 18.2 Å². The monoisotopic (exact) mass is 434 g/mol. The zero-order valence-corrected chi connectivity index (χ0v) is 17.9.